The molecular weight excluding hydrogens is 280 g/mol. The summed E-state index contributed by atoms with van der Waals surface area (Å²) in [7, 11) is 3.85. The normalized spacial score (nSPS) is 11.1. The van der Waals surface area contributed by atoms with E-state index in [1.165, 1.54) is 5.56 Å². The van der Waals surface area contributed by atoms with Crippen LogP contribution in [0.5, 0.6) is 0 Å². The van der Waals surface area contributed by atoms with Crippen LogP contribution in [0.3, 0.4) is 0 Å². The van der Waals surface area contributed by atoms with E-state index >= 15 is 0 Å². The number of methoxy groups -OCH3 is 1. The molecule has 96 valence electrons. The van der Waals surface area contributed by atoms with Gasteiger partial charge < -0.3 is 15.0 Å². The summed E-state index contributed by atoms with van der Waals surface area (Å²) in [4.78, 5) is 2.26. The maximum Gasteiger partial charge on any atom is 0.0589 e. The predicted molar refractivity (Wildman–Crippen MR) is 75.2 cm³/mol. The maximum absolute atomic E-state index is 5.03. The Morgan fingerprint density at radius 2 is 2.18 bits per heavy atom. The lowest BCUT2D eigenvalue weighted by Crippen LogP contribution is -2.31. The Balaban J connectivity index is 2.11. The van der Waals surface area contributed by atoms with Gasteiger partial charge in [0, 0.05) is 37.8 Å². The average Bonchev–Trinajstić information content (AvgIpc) is 2.32. The third kappa shape index (κ3) is 6.78. The van der Waals surface area contributed by atoms with E-state index < -0.39 is 0 Å². The Morgan fingerprint density at radius 3 is 2.88 bits per heavy atom. The van der Waals surface area contributed by atoms with Gasteiger partial charge in [-0.15, -0.1) is 0 Å². The summed E-state index contributed by atoms with van der Waals surface area (Å²) in [5, 5.41) is 3.43. The molecule has 0 aliphatic rings. The molecule has 0 radical (unpaired) electrons. The van der Waals surface area contributed by atoms with Gasteiger partial charge in [-0.05, 0) is 24.7 Å². The van der Waals surface area contributed by atoms with Gasteiger partial charge in [-0.3, -0.25) is 0 Å². The van der Waals surface area contributed by atoms with Gasteiger partial charge in [-0.25, -0.2) is 0 Å². The highest BCUT2D eigenvalue weighted by Crippen LogP contribution is 2.11. The molecule has 0 bridgehead atoms. The van der Waals surface area contributed by atoms with E-state index in [-0.39, 0.29) is 0 Å². The van der Waals surface area contributed by atoms with E-state index in [2.05, 4.69) is 51.4 Å². The van der Waals surface area contributed by atoms with E-state index in [1.54, 1.807) is 7.11 Å². The molecule has 0 aliphatic heterocycles. The largest absolute Gasteiger partial charge is 0.383 e. The molecule has 0 saturated heterocycles. The summed E-state index contributed by atoms with van der Waals surface area (Å²) >= 11 is 3.47. The fraction of sp³-hybridized carbons (Fsp3) is 0.538. The minimum atomic E-state index is 0.794. The molecule has 1 rings (SSSR count). The Morgan fingerprint density at radius 1 is 1.35 bits per heavy atom. The topological polar surface area (TPSA) is 24.5 Å². The molecule has 0 unspecified atom stereocenters. The van der Waals surface area contributed by atoms with Crippen molar-refractivity contribution in [2.24, 2.45) is 0 Å². The minimum absolute atomic E-state index is 0.794. The third-order valence-corrected chi connectivity index (χ3v) is 3.06. The molecule has 1 N–H and O–H groups in total. The van der Waals surface area contributed by atoms with Gasteiger partial charge in [-0.1, -0.05) is 28.1 Å². The number of hydrogen-bond acceptors (Lipinski definition) is 3. The van der Waals surface area contributed by atoms with Crippen molar-refractivity contribution in [3.05, 3.63) is 34.3 Å². The van der Waals surface area contributed by atoms with Crippen LogP contribution < -0.4 is 5.32 Å². The quantitative estimate of drug-likeness (QED) is 0.744. The number of benzene rings is 1. The summed E-state index contributed by atoms with van der Waals surface area (Å²) in [5.41, 5.74) is 1.30. The number of ether oxygens (including phenoxy) is 1. The van der Waals surface area contributed by atoms with Crippen molar-refractivity contribution in [2.45, 2.75) is 6.54 Å². The lowest BCUT2D eigenvalue weighted by atomic mass is 10.2. The average molecular weight is 301 g/mol. The van der Waals surface area contributed by atoms with Crippen molar-refractivity contribution < 1.29 is 4.74 Å². The molecule has 1 aromatic rings. The Bertz CT molecular complexity index is 320. The molecule has 0 heterocycles. The highest BCUT2D eigenvalue weighted by Gasteiger charge is 1.97. The second-order valence-corrected chi connectivity index (χ2v) is 5.02. The summed E-state index contributed by atoms with van der Waals surface area (Å²) in [6, 6.07) is 8.38. The molecule has 4 heteroatoms. The zero-order valence-electron chi connectivity index (χ0n) is 10.6. The van der Waals surface area contributed by atoms with Crippen molar-refractivity contribution in [3.63, 3.8) is 0 Å². The summed E-state index contributed by atoms with van der Waals surface area (Å²) in [6.45, 7) is 4.72. The molecular formula is C13H21BrN2O. The van der Waals surface area contributed by atoms with Crippen molar-refractivity contribution in [1.29, 1.82) is 0 Å². The van der Waals surface area contributed by atoms with Crippen LogP contribution >= 0.6 is 15.9 Å². The first-order valence-electron chi connectivity index (χ1n) is 5.85. The molecule has 1 aromatic carbocycles. The van der Waals surface area contributed by atoms with Gasteiger partial charge in [0.25, 0.3) is 0 Å². The summed E-state index contributed by atoms with van der Waals surface area (Å²) in [6.07, 6.45) is 0. The zero-order chi connectivity index (χ0) is 12.5. The highest BCUT2D eigenvalue weighted by atomic mass is 79.9. The smallest absolute Gasteiger partial charge is 0.0589 e. The van der Waals surface area contributed by atoms with Crippen LogP contribution in [0.15, 0.2) is 28.7 Å². The standard InChI is InChI=1S/C13H21BrN2O/c1-16(8-9-17-2)7-6-15-11-12-4-3-5-13(14)10-12/h3-5,10,15H,6-9,11H2,1-2H3. The Hall–Kier alpha value is -0.420. The molecule has 0 spiro atoms. The number of likely N-dealkylation sites (N-methyl/N-ethyl adjacent to an activating group) is 1. The second kappa shape index (κ2) is 8.64. The molecule has 0 fully saturated rings. The van der Waals surface area contributed by atoms with Gasteiger partial charge in [-0.2, -0.15) is 0 Å². The van der Waals surface area contributed by atoms with Crippen molar-refractivity contribution in [1.82, 2.24) is 10.2 Å². The van der Waals surface area contributed by atoms with Crippen molar-refractivity contribution in [2.75, 3.05) is 40.4 Å². The predicted octanol–water partition coefficient (Wildman–Crippen LogP) is 2.12. The number of hydrogen-bond donors (Lipinski definition) is 1. The first-order valence-corrected chi connectivity index (χ1v) is 6.64. The third-order valence-electron chi connectivity index (χ3n) is 2.57. The molecule has 0 amide bonds. The lowest BCUT2D eigenvalue weighted by Gasteiger charge is -2.16. The molecule has 0 atom stereocenters. The number of nitrogens with one attached hydrogen (secondary N) is 1. The van der Waals surface area contributed by atoms with E-state index in [1.807, 2.05) is 6.07 Å². The van der Waals surface area contributed by atoms with Gasteiger partial charge in [0.05, 0.1) is 6.61 Å². The van der Waals surface area contributed by atoms with Crippen LogP contribution in [0.1, 0.15) is 5.56 Å². The SMILES string of the molecule is COCCN(C)CCNCc1cccc(Br)c1. The first-order chi connectivity index (χ1) is 8.22. The van der Waals surface area contributed by atoms with E-state index in [4.69, 9.17) is 4.74 Å². The van der Waals surface area contributed by atoms with E-state index in [0.29, 0.717) is 0 Å². The lowest BCUT2D eigenvalue weighted by molar-refractivity contribution is 0.161. The summed E-state index contributed by atoms with van der Waals surface area (Å²) < 4.78 is 6.17. The minimum Gasteiger partial charge on any atom is -0.383 e. The van der Waals surface area contributed by atoms with Crippen LogP contribution in [0.25, 0.3) is 0 Å². The summed E-state index contributed by atoms with van der Waals surface area (Å²) in [5.74, 6) is 0. The molecule has 0 aromatic heterocycles. The van der Waals surface area contributed by atoms with E-state index in [9.17, 15) is 0 Å². The van der Waals surface area contributed by atoms with Crippen molar-refractivity contribution in [3.8, 4) is 0 Å². The molecule has 0 saturated carbocycles. The molecule has 3 nitrogen and oxygen atoms in total. The fourth-order valence-corrected chi connectivity index (χ4v) is 1.96. The van der Waals surface area contributed by atoms with Crippen LogP contribution in [0.4, 0.5) is 0 Å². The van der Waals surface area contributed by atoms with Gasteiger partial charge in [0.2, 0.25) is 0 Å². The second-order valence-electron chi connectivity index (χ2n) is 4.10. The first kappa shape index (κ1) is 14.6. The van der Waals surface area contributed by atoms with Gasteiger partial charge in [0.1, 0.15) is 0 Å². The molecule has 17 heavy (non-hydrogen) atoms. The van der Waals surface area contributed by atoms with Crippen LogP contribution in [0.2, 0.25) is 0 Å². The highest BCUT2D eigenvalue weighted by molar-refractivity contribution is 9.10. The van der Waals surface area contributed by atoms with Crippen LogP contribution in [-0.4, -0.2) is 45.3 Å². The van der Waals surface area contributed by atoms with Crippen LogP contribution in [-0.2, 0) is 11.3 Å². The fourth-order valence-electron chi connectivity index (χ4n) is 1.51. The Kier molecular flexibility index (Phi) is 7.44. The van der Waals surface area contributed by atoms with Gasteiger partial charge >= 0.3 is 0 Å². The van der Waals surface area contributed by atoms with Crippen molar-refractivity contribution >= 4 is 15.9 Å². The van der Waals surface area contributed by atoms with Gasteiger partial charge in [0.15, 0.2) is 0 Å². The Labute approximate surface area is 112 Å². The zero-order valence-corrected chi connectivity index (χ0v) is 12.2. The molecule has 0 aliphatic carbocycles. The number of rotatable bonds is 8. The number of halogens is 1. The van der Waals surface area contributed by atoms with Crippen LogP contribution in [0, 0.1) is 0 Å². The monoisotopic (exact) mass is 300 g/mol. The maximum atomic E-state index is 5.03. The van der Waals surface area contributed by atoms with E-state index in [0.717, 1.165) is 37.3 Å². The number of nitrogens with zero attached hydrogens (tertiary/aromatic N) is 1.